The molecule has 0 saturated carbocycles. The lowest BCUT2D eigenvalue weighted by Gasteiger charge is -2.21. The van der Waals surface area contributed by atoms with E-state index >= 15 is 0 Å². The fourth-order valence-corrected chi connectivity index (χ4v) is 2.32. The Morgan fingerprint density at radius 3 is 2.65 bits per heavy atom. The summed E-state index contributed by atoms with van der Waals surface area (Å²) in [5, 5.41) is 2.94. The number of halogens is 1. The Labute approximate surface area is 109 Å². The first-order valence-corrected chi connectivity index (χ1v) is 6.40. The fourth-order valence-electron chi connectivity index (χ4n) is 1.92. The van der Waals surface area contributed by atoms with E-state index in [4.69, 9.17) is 0 Å². The van der Waals surface area contributed by atoms with Crippen molar-refractivity contribution >= 4 is 27.5 Å². The maximum atomic E-state index is 11.8. The smallest absolute Gasteiger partial charge is 0.267 e. The number of nitrogens with zero attached hydrogens (tertiary/aromatic N) is 1. The minimum absolute atomic E-state index is 0.0672. The Hall–Kier alpha value is -1.16. The fraction of sp³-hybridized carbons (Fsp3) is 0.385. The highest BCUT2D eigenvalue weighted by Crippen LogP contribution is 2.29. The van der Waals surface area contributed by atoms with E-state index in [0.717, 1.165) is 10.0 Å². The van der Waals surface area contributed by atoms with Gasteiger partial charge in [0.25, 0.3) is 5.91 Å². The topological polar surface area (TPSA) is 41.5 Å². The number of hydrogen-bond donors (Lipinski definition) is 1. The molecule has 1 unspecified atom stereocenters. The summed E-state index contributed by atoms with van der Waals surface area (Å²) < 4.78 is 0.985. The first-order valence-electron chi connectivity index (χ1n) is 5.61. The summed E-state index contributed by atoms with van der Waals surface area (Å²) in [6, 6.07) is 7.85. The van der Waals surface area contributed by atoms with Gasteiger partial charge in [-0.05, 0) is 19.1 Å². The van der Waals surface area contributed by atoms with Gasteiger partial charge in [-0.25, -0.2) is 0 Å². The molecule has 1 aliphatic rings. The molecule has 1 aromatic carbocycles. The van der Waals surface area contributed by atoms with Crippen molar-refractivity contribution in [2.24, 2.45) is 10.9 Å². The van der Waals surface area contributed by atoms with Crippen LogP contribution in [-0.4, -0.2) is 11.6 Å². The zero-order valence-corrected chi connectivity index (χ0v) is 11.7. The Kier molecular flexibility index (Phi) is 3.08. The third-order valence-electron chi connectivity index (χ3n) is 2.87. The van der Waals surface area contributed by atoms with Gasteiger partial charge in [-0.15, -0.1) is 0 Å². The second kappa shape index (κ2) is 4.26. The lowest BCUT2D eigenvalue weighted by Crippen LogP contribution is -2.37. The van der Waals surface area contributed by atoms with Gasteiger partial charge in [-0.3, -0.25) is 9.79 Å². The second-order valence-electron chi connectivity index (χ2n) is 4.69. The maximum Gasteiger partial charge on any atom is 0.267 e. The van der Waals surface area contributed by atoms with Crippen molar-refractivity contribution in [3.05, 3.63) is 34.3 Å². The number of benzene rings is 1. The monoisotopic (exact) mass is 294 g/mol. The average molecular weight is 295 g/mol. The van der Waals surface area contributed by atoms with Gasteiger partial charge in [0.05, 0.1) is 0 Å². The van der Waals surface area contributed by atoms with Crippen LogP contribution in [0.5, 0.6) is 0 Å². The van der Waals surface area contributed by atoms with Crippen LogP contribution >= 0.6 is 15.9 Å². The normalized spacial score (nSPS) is 23.8. The number of carbonyl (C=O) groups is 1. The number of carbonyl (C=O) groups excluding carboxylic acids is 1. The molecule has 2 rings (SSSR count). The van der Waals surface area contributed by atoms with Crippen molar-refractivity contribution in [3.63, 3.8) is 0 Å². The van der Waals surface area contributed by atoms with Crippen molar-refractivity contribution in [1.82, 2.24) is 5.32 Å². The minimum Gasteiger partial charge on any atom is -0.323 e. The summed E-state index contributed by atoms with van der Waals surface area (Å²) in [6.45, 7) is 5.87. The van der Waals surface area contributed by atoms with Gasteiger partial charge < -0.3 is 5.32 Å². The van der Waals surface area contributed by atoms with E-state index in [9.17, 15) is 4.79 Å². The molecule has 17 heavy (non-hydrogen) atoms. The lowest BCUT2D eigenvalue weighted by molar-refractivity contribution is -0.115. The van der Waals surface area contributed by atoms with Crippen LogP contribution in [0.15, 0.2) is 33.7 Å². The Balaban J connectivity index is 2.43. The van der Waals surface area contributed by atoms with Crippen LogP contribution in [0.4, 0.5) is 0 Å². The molecule has 90 valence electrons. The first kappa shape index (κ1) is 12.3. The molecule has 0 fully saturated rings. The summed E-state index contributed by atoms with van der Waals surface area (Å²) in [7, 11) is 0. The Morgan fingerprint density at radius 1 is 1.41 bits per heavy atom. The van der Waals surface area contributed by atoms with Crippen molar-refractivity contribution in [1.29, 1.82) is 0 Å². The molecule has 1 aliphatic heterocycles. The van der Waals surface area contributed by atoms with Crippen molar-refractivity contribution in [2.45, 2.75) is 26.4 Å². The minimum atomic E-state index is -0.638. The summed E-state index contributed by atoms with van der Waals surface area (Å²) in [5.41, 5.74) is 0.962. The van der Waals surface area contributed by atoms with Crippen molar-refractivity contribution in [3.8, 4) is 0 Å². The molecule has 0 saturated heterocycles. The molecule has 1 aromatic rings. The SMILES string of the molecule is CC(C)C1=NC(C)(c2cccc(Br)c2)NC1=O. The largest absolute Gasteiger partial charge is 0.323 e. The average Bonchev–Trinajstić information content (AvgIpc) is 2.56. The van der Waals surface area contributed by atoms with E-state index in [1.54, 1.807) is 0 Å². The summed E-state index contributed by atoms with van der Waals surface area (Å²) in [4.78, 5) is 16.4. The summed E-state index contributed by atoms with van der Waals surface area (Å²) >= 11 is 3.43. The van der Waals surface area contributed by atoms with Gasteiger partial charge in [0, 0.05) is 16.0 Å². The molecule has 1 atom stereocenters. The van der Waals surface area contributed by atoms with Gasteiger partial charge in [0.15, 0.2) is 5.66 Å². The number of nitrogens with one attached hydrogen (secondary N) is 1. The van der Waals surface area contributed by atoms with Crippen LogP contribution in [0.3, 0.4) is 0 Å². The van der Waals surface area contributed by atoms with E-state index in [1.807, 2.05) is 45.0 Å². The van der Waals surface area contributed by atoms with Gasteiger partial charge in [0.2, 0.25) is 0 Å². The van der Waals surface area contributed by atoms with Gasteiger partial charge in [-0.1, -0.05) is 41.9 Å². The highest BCUT2D eigenvalue weighted by molar-refractivity contribution is 9.10. The van der Waals surface area contributed by atoms with E-state index in [-0.39, 0.29) is 11.8 Å². The Morgan fingerprint density at radius 2 is 2.12 bits per heavy atom. The zero-order chi connectivity index (χ0) is 12.6. The molecule has 1 amide bonds. The molecule has 0 bridgehead atoms. The molecule has 1 N–H and O–H groups in total. The quantitative estimate of drug-likeness (QED) is 0.895. The lowest BCUT2D eigenvalue weighted by atomic mass is 10.0. The first-order chi connectivity index (χ1) is 7.92. The Bertz CT molecular complexity index is 496. The van der Waals surface area contributed by atoms with Crippen LogP contribution in [0.2, 0.25) is 0 Å². The van der Waals surface area contributed by atoms with E-state index in [2.05, 4.69) is 26.2 Å². The second-order valence-corrected chi connectivity index (χ2v) is 5.60. The third-order valence-corrected chi connectivity index (χ3v) is 3.36. The molecular weight excluding hydrogens is 280 g/mol. The van der Waals surface area contributed by atoms with Crippen molar-refractivity contribution in [2.75, 3.05) is 0 Å². The molecule has 0 radical (unpaired) electrons. The van der Waals surface area contributed by atoms with Gasteiger partial charge in [0.1, 0.15) is 5.71 Å². The summed E-state index contributed by atoms with van der Waals surface area (Å²) in [6.07, 6.45) is 0. The molecule has 3 nitrogen and oxygen atoms in total. The molecular formula is C13H15BrN2O. The molecule has 4 heteroatoms. The predicted octanol–water partition coefficient (Wildman–Crippen LogP) is 2.85. The van der Waals surface area contributed by atoms with Crippen LogP contribution < -0.4 is 5.32 Å². The molecule has 0 spiro atoms. The van der Waals surface area contributed by atoms with Crippen LogP contribution in [0.1, 0.15) is 26.3 Å². The van der Waals surface area contributed by atoms with Crippen LogP contribution in [-0.2, 0) is 10.5 Å². The van der Waals surface area contributed by atoms with Gasteiger partial charge in [-0.2, -0.15) is 0 Å². The van der Waals surface area contributed by atoms with E-state index in [0.29, 0.717) is 5.71 Å². The highest BCUT2D eigenvalue weighted by Gasteiger charge is 2.37. The summed E-state index contributed by atoms with van der Waals surface area (Å²) in [5.74, 6) is 0.0754. The zero-order valence-electron chi connectivity index (χ0n) is 10.1. The number of amides is 1. The number of hydrogen-bond acceptors (Lipinski definition) is 2. The van der Waals surface area contributed by atoms with E-state index in [1.165, 1.54) is 0 Å². The van der Waals surface area contributed by atoms with Crippen molar-refractivity contribution < 1.29 is 4.79 Å². The maximum absolute atomic E-state index is 11.8. The highest BCUT2D eigenvalue weighted by atomic mass is 79.9. The molecule has 1 heterocycles. The van der Waals surface area contributed by atoms with Crippen LogP contribution in [0.25, 0.3) is 0 Å². The van der Waals surface area contributed by atoms with Crippen LogP contribution in [0, 0.1) is 5.92 Å². The predicted molar refractivity (Wildman–Crippen MR) is 71.9 cm³/mol. The van der Waals surface area contributed by atoms with Gasteiger partial charge >= 0.3 is 0 Å². The standard InChI is InChI=1S/C13H15BrN2O/c1-8(2)11-12(17)16-13(3,15-11)9-5-4-6-10(14)7-9/h4-8H,1-3H3,(H,16,17). The molecule has 0 aromatic heterocycles. The van der Waals surface area contributed by atoms with E-state index < -0.39 is 5.66 Å². The molecule has 0 aliphatic carbocycles. The number of aliphatic imine (C=N–C) groups is 1. The third kappa shape index (κ3) is 2.27. The number of rotatable bonds is 2.